The molecule has 1 saturated heterocycles. The van der Waals surface area contributed by atoms with Crippen LogP contribution < -0.4 is 0 Å². The van der Waals surface area contributed by atoms with Crippen LogP contribution in [0, 0.1) is 0 Å². The molecule has 0 aliphatic carbocycles. The SMILES string of the molecule is O=C(c1ccccc1)C(F)C(F)C1OCCCO1. The number of ketones is 1. The van der Waals surface area contributed by atoms with Crippen molar-refractivity contribution in [3.63, 3.8) is 0 Å². The van der Waals surface area contributed by atoms with Crippen molar-refractivity contribution in [3.05, 3.63) is 35.9 Å². The van der Waals surface area contributed by atoms with E-state index in [4.69, 9.17) is 9.47 Å². The summed E-state index contributed by atoms with van der Waals surface area (Å²) in [5.74, 6) is -0.888. The Bertz CT molecular complexity index is 390. The van der Waals surface area contributed by atoms with Crippen LogP contribution in [0.2, 0.25) is 0 Å². The normalized spacial score (nSPS) is 20.3. The first-order valence-corrected chi connectivity index (χ1v) is 5.81. The number of rotatable bonds is 4. The van der Waals surface area contributed by atoms with Crippen LogP contribution in [0.3, 0.4) is 0 Å². The zero-order chi connectivity index (χ0) is 13.0. The Balaban J connectivity index is 2.01. The summed E-state index contributed by atoms with van der Waals surface area (Å²) in [6, 6.07) is 7.79. The molecule has 3 nitrogen and oxygen atoms in total. The number of carbonyl (C=O) groups is 1. The highest BCUT2D eigenvalue weighted by Crippen LogP contribution is 2.20. The molecule has 1 aliphatic rings. The smallest absolute Gasteiger partial charge is 0.200 e. The summed E-state index contributed by atoms with van der Waals surface area (Å²) in [7, 11) is 0. The standard InChI is InChI=1S/C13H14F2O3/c14-10(11(15)13-17-7-4-8-18-13)12(16)9-5-2-1-3-6-9/h1-3,5-6,10-11,13H,4,7-8H2. The van der Waals surface area contributed by atoms with Crippen molar-refractivity contribution >= 4 is 5.78 Å². The van der Waals surface area contributed by atoms with E-state index in [2.05, 4.69) is 0 Å². The van der Waals surface area contributed by atoms with E-state index in [1.54, 1.807) is 18.2 Å². The summed E-state index contributed by atoms with van der Waals surface area (Å²) in [6.07, 6.45) is -5.01. The molecule has 98 valence electrons. The number of benzene rings is 1. The number of ether oxygens (including phenoxy) is 2. The van der Waals surface area contributed by atoms with E-state index in [1.165, 1.54) is 12.1 Å². The van der Waals surface area contributed by atoms with Gasteiger partial charge in [0, 0.05) is 5.56 Å². The van der Waals surface area contributed by atoms with Crippen LogP contribution in [-0.2, 0) is 9.47 Å². The molecule has 1 aromatic carbocycles. The lowest BCUT2D eigenvalue weighted by atomic mass is 10.0. The zero-order valence-corrected chi connectivity index (χ0v) is 9.72. The second-order valence-corrected chi connectivity index (χ2v) is 4.04. The molecule has 0 amide bonds. The number of Topliss-reactive ketones (excluding diaryl/α,β-unsaturated/α-hetero) is 1. The molecule has 1 heterocycles. The highest BCUT2D eigenvalue weighted by molar-refractivity contribution is 5.99. The quantitative estimate of drug-likeness (QED) is 0.775. The molecule has 0 N–H and O–H groups in total. The fraction of sp³-hybridized carbons (Fsp3) is 0.462. The fourth-order valence-corrected chi connectivity index (χ4v) is 1.73. The van der Waals surface area contributed by atoms with Crippen LogP contribution in [0.4, 0.5) is 8.78 Å². The molecular weight excluding hydrogens is 242 g/mol. The maximum absolute atomic E-state index is 13.8. The number of hydrogen-bond donors (Lipinski definition) is 0. The molecule has 2 rings (SSSR count). The summed E-state index contributed by atoms with van der Waals surface area (Å²) in [5, 5.41) is 0. The van der Waals surface area contributed by atoms with Gasteiger partial charge in [-0.2, -0.15) is 0 Å². The van der Waals surface area contributed by atoms with Gasteiger partial charge in [0.2, 0.25) is 0 Å². The molecule has 2 atom stereocenters. The third-order valence-corrected chi connectivity index (χ3v) is 2.70. The Morgan fingerprint density at radius 2 is 1.78 bits per heavy atom. The molecule has 1 aromatic rings. The average Bonchev–Trinajstić information content (AvgIpc) is 2.47. The monoisotopic (exact) mass is 256 g/mol. The Labute approximate surface area is 104 Å². The van der Waals surface area contributed by atoms with Gasteiger partial charge in [-0.3, -0.25) is 4.79 Å². The van der Waals surface area contributed by atoms with Gasteiger partial charge in [0.15, 0.2) is 24.4 Å². The van der Waals surface area contributed by atoms with E-state index in [9.17, 15) is 13.6 Å². The zero-order valence-electron chi connectivity index (χ0n) is 9.72. The molecule has 18 heavy (non-hydrogen) atoms. The first-order chi connectivity index (χ1) is 8.70. The predicted octanol–water partition coefficient (Wildman–Crippen LogP) is 2.31. The Morgan fingerprint density at radius 1 is 1.17 bits per heavy atom. The third-order valence-electron chi connectivity index (χ3n) is 2.70. The molecule has 0 spiro atoms. The lowest BCUT2D eigenvalue weighted by Crippen LogP contribution is -2.42. The topological polar surface area (TPSA) is 35.5 Å². The van der Waals surface area contributed by atoms with Gasteiger partial charge in [0.25, 0.3) is 0 Å². The number of alkyl halides is 2. The lowest BCUT2D eigenvalue weighted by molar-refractivity contribution is -0.214. The number of carbonyl (C=O) groups excluding carboxylic acids is 1. The number of hydrogen-bond acceptors (Lipinski definition) is 3. The van der Waals surface area contributed by atoms with Gasteiger partial charge >= 0.3 is 0 Å². The van der Waals surface area contributed by atoms with Crippen LogP contribution in [0.25, 0.3) is 0 Å². The van der Waals surface area contributed by atoms with Gasteiger partial charge < -0.3 is 9.47 Å². The Kier molecular flexibility index (Phi) is 4.38. The summed E-state index contributed by atoms with van der Waals surface area (Å²) < 4.78 is 37.5. The average molecular weight is 256 g/mol. The summed E-state index contributed by atoms with van der Waals surface area (Å²) in [6.45, 7) is 0.634. The van der Waals surface area contributed by atoms with Crippen molar-refractivity contribution in [1.82, 2.24) is 0 Å². The third kappa shape index (κ3) is 2.91. The minimum Gasteiger partial charge on any atom is -0.349 e. The van der Waals surface area contributed by atoms with Gasteiger partial charge in [0.1, 0.15) is 0 Å². The lowest BCUT2D eigenvalue weighted by Gasteiger charge is -2.27. The van der Waals surface area contributed by atoms with Crippen molar-refractivity contribution in [3.8, 4) is 0 Å². The van der Waals surface area contributed by atoms with Crippen LogP contribution in [0.15, 0.2) is 30.3 Å². The number of halogens is 2. The summed E-state index contributed by atoms with van der Waals surface area (Å²) >= 11 is 0. The van der Waals surface area contributed by atoms with Gasteiger partial charge in [-0.1, -0.05) is 30.3 Å². The molecule has 1 fully saturated rings. The Morgan fingerprint density at radius 3 is 2.39 bits per heavy atom. The summed E-state index contributed by atoms with van der Waals surface area (Å²) in [4.78, 5) is 11.7. The van der Waals surface area contributed by atoms with Crippen LogP contribution in [-0.4, -0.2) is 37.6 Å². The first kappa shape index (κ1) is 13.1. The van der Waals surface area contributed by atoms with Crippen LogP contribution in [0.5, 0.6) is 0 Å². The molecule has 0 saturated carbocycles. The van der Waals surface area contributed by atoms with E-state index in [0.717, 1.165) is 0 Å². The predicted molar refractivity (Wildman–Crippen MR) is 60.9 cm³/mol. The van der Waals surface area contributed by atoms with Gasteiger partial charge in [0.05, 0.1) is 13.2 Å². The second-order valence-electron chi connectivity index (χ2n) is 4.04. The van der Waals surface area contributed by atoms with Crippen molar-refractivity contribution in [2.75, 3.05) is 13.2 Å². The molecule has 1 aliphatic heterocycles. The second kappa shape index (κ2) is 6.02. The molecule has 2 unspecified atom stereocenters. The van der Waals surface area contributed by atoms with E-state index in [1.807, 2.05) is 0 Å². The maximum Gasteiger partial charge on any atom is 0.200 e. The van der Waals surface area contributed by atoms with Gasteiger partial charge in [-0.25, -0.2) is 8.78 Å². The van der Waals surface area contributed by atoms with Gasteiger partial charge in [-0.05, 0) is 6.42 Å². The minimum absolute atomic E-state index is 0.142. The van der Waals surface area contributed by atoms with E-state index < -0.39 is 24.4 Å². The maximum atomic E-state index is 13.8. The minimum atomic E-state index is -2.27. The fourth-order valence-electron chi connectivity index (χ4n) is 1.73. The largest absolute Gasteiger partial charge is 0.349 e. The highest BCUT2D eigenvalue weighted by Gasteiger charge is 2.37. The van der Waals surface area contributed by atoms with Crippen molar-refractivity contribution in [2.45, 2.75) is 25.1 Å². The van der Waals surface area contributed by atoms with Crippen molar-refractivity contribution in [2.24, 2.45) is 0 Å². The van der Waals surface area contributed by atoms with Crippen molar-refractivity contribution in [1.29, 1.82) is 0 Å². The van der Waals surface area contributed by atoms with Gasteiger partial charge in [-0.15, -0.1) is 0 Å². The molecule has 0 bridgehead atoms. The van der Waals surface area contributed by atoms with E-state index >= 15 is 0 Å². The van der Waals surface area contributed by atoms with Crippen molar-refractivity contribution < 1.29 is 23.0 Å². The Hall–Kier alpha value is -1.33. The molecule has 5 heteroatoms. The summed E-state index contributed by atoms with van der Waals surface area (Å²) in [5.41, 5.74) is 0.142. The van der Waals surface area contributed by atoms with Crippen LogP contribution in [0.1, 0.15) is 16.8 Å². The molecule has 0 aromatic heterocycles. The molecule has 0 radical (unpaired) electrons. The van der Waals surface area contributed by atoms with E-state index in [0.29, 0.717) is 19.6 Å². The first-order valence-electron chi connectivity index (χ1n) is 5.81. The highest BCUT2D eigenvalue weighted by atomic mass is 19.2. The van der Waals surface area contributed by atoms with E-state index in [-0.39, 0.29) is 5.56 Å². The van der Waals surface area contributed by atoms with Crippen LogP contribution >= 0.6 is 0 Å². The molecular formula is C13H14F2O3.